The summed E-state index contributed by atoms with van der Waals surface area (Å²) in [6.45, 7) is 1.11. The van der Waals surface area contributed by atoms with E-state index in [4.69, 9.17) is 0 Å². The van der Waals surface area contributed by atoms with Crippen molar-refractivity contribution in [2.45, 2.75) is 19.1 Å². The Morgan fingerprint density at radius 3 is 2.75 bits per heavy atom. The van der Waals surface area contributed by atoms with Gasteiger partial charge in [-0.1, -0.05) is 15.9 Å². The first-order valence-corrected chi connectivity index (χ1v) is 6.84. The first-order chi connectivity index (χ1) is 9.47. The van der Waals surface area contributed by atoms with E-state index in [-0.39, 0.29) is 5.69 Å². The topological polar surface area (TPSA) is 29.9 Å². The van der Waals surface area contributed by atoms with Crippen LogP contribution in [0.3, 0.4) is 0 Å². The van der Waals surface area contributed by atoms with Crippen molar-refractivity contribution in [3.05, 3.63) is 46.7 Å². The van der Waals surface area contributed by atoms with Crippen molar-refractivity contribution in [3.63, 3.8) is 0 Å². The van der Waals surface area contributed by atoms with Crippen LogP contribution in [0.5, 0.6) is 0 Å². The fraction of sp³-hybridized carbons (Fsp3) is 0.308. The van der Waals surface area contributed by atoms with Crippen LogP contribution in [0.1, 0.15) is 12.0 Å². The number of nitrogens with zero attached hydrogens (tertiary/aromatic N) is 2. The molecule has 0 atom stereocenters. The van der Waals surface area contributed by atoms with Gasteiger partial charge in [0.1, 0.15) is 0 Å². The lowest BCUT2D eigenvalue weighted by Crippen LogP contribution is -2.13. The van der Waals surface area contributed by atoms with Crippen LogP contribution in [-0.4, -0.2) is 16.3 Å². The van der Waals surface area contributed by atoms with Crippen LogP contribution < -0.4 is 5.32 Å². The molecule has 0 aliphatic rings. The Balaban J connectivity index is 1.95. The Labute approximate surface area is 122 Å². The molecule has 1 aromatic heterocycles. The molecular weight excluding hydrogens is 335 g/mol. The summed E-state index contributed by atoms with van der Waals surface area (Å²) in [5.74, 6) is 0. The summed E-state index contributed by atoms with van der Waals surface area (Å²) in [5.41, 5.74) is -0.563. The van der Waals surface area contributed by atoms with E-state index in [0.29, 0.717) is 24.0 Å². The van der Waals surface area contributed by atoms with Crippen LogP contribution in [0.2, 0.25) is 0 Å². The second-order valence-corrected chi connectivity index (χ2v) is 5.15. The number of nitrogens with one attached hydrogen (secondary N) is 1. The third kappa shape index (κ3) is 4.00. The third-order valence-corrected chi connectivity index (χ3v) is 3.22. The number of hydrogen-bond acceptors (Lipinski definition) is 2. The first kappa shape index (κ1) is 14.9. The molecule has 0 saturated heterocycles. The van der Waals surface area contributed by atoms with E-state index in [9.17, 15) is 13.2 Å². The van der Waals surface area contributed by atoms with Crippen LogP contribution in [0.15, 0.2) is 41.1 Å². The van der Waals surface area contributed by atoms with Crippen LogP contribution >= 0.6 is 15.9 Å². The van der Waals surface area contributed by atoms with Gasteiger partial charge in [0.25, 0.3) is 0 Å². The van der Waals surface area contributed by atoms with E-state index in [2.05, 4.69) is 26.3 Å². The lowest BCUT2D eigenvalue weighted by Gasteiger charge is -2.15. The summed E-state index contributed by atoms with van der Waals surface area (Å²) >= 11 is 3.06. The molecule has 0 aliphatic heterocycles. The van der Waals surface area contributed by atoms with E-state index >= 15 is 0 Å². The van der Waals surface area contributed by atoms with Gasteiger partial charge in [0.05, 0.1) is 5.56 Å². The second kappa shape index (κ2) is 6.30. The first-order valence-electron chi connectivity index (χ1n) is 6.05. The monoisotopic (exact) mass is 347 g/mol. The van der Waals surface area contributed by atoms with E-state index in [0.717, 1.165) is 6.07 Å². The lowest BCUT2D eigenvalue weighted by atomic mass is 10.1. The molecule has 2 rings (SSSR count). The SMILES string of the molecule is FC(F)(F)c1cc(Br)ccc1NCCCn1cccn1. The maximum Gasteiger partial charge on any atom is 0.418 e. The number of rotatable bonds is 5. The Hall–Kier alpha value is -1.50. The van der Waals surface area contributed by atoms with Gasteiger partial charge >= 0.3 is 6.18 Å². The summed E-state index contributed by atoms with van der Waals surface area (Å²) in [4.78, 5) is 0. The predicted molar refractivity (Wildman–Crippen MR) is 74.5 cm³/mol. The summed E-state index contributed by atoms with van der Waals surface area (Å²) in [6, 6.07) is 5.91. The van der Waals surface area contributed by atoms with Gasteiger partial charge in [0.15, 0.2) is 0 Å². The van der Waals surface area contributed by atoms with Crippen molar-refractivity contribution in [3.8, 4) is 0 Å². The minimum absolute atomic E-state index is 0.0983. The smallest absolute Gasteiger partial charge is 0.384 e. The summed E-state index contributed by atoms with van der Waals surface area (Å²) in [7, 11) is 0. The minimum Gasteiger partial charge on any atom is -0.384 e. The number of benzene rings is 1. The van der Waals surface area contributed by atoms with Gasteiger partial charge in [0.2, 0.25) is 0 Å². The van der Waals surface area contributed by atoms with Gasteiger partial charge in [-0.3, -0.25) is 4.68 Å². The maximum atomic E-state index is 12.9. The quantitative estimate of drug-likeness (QED) is 0.822. The molecule has 108 valence electrons. The number of hydrogen-bond donors (Lipinski definition) is 1. The molecule has 3 nitrogen and oxygen atoms in total. The van der Waals surface area contributed by atoms with E-state index in [1.807, 2.05) is 12.3 Å². The molecular formula is C13H13BrF3N3. The predicted octanol–water partition coefficient (Wildman–Crippen LogP) is 4.17. The fourth-order valence-electron chi connectivity index (χ4n) is 1.80. The highest BCUT2D eigenvalue weighted by Gasteiger charge is 2.33. The van der Waals surface area contributed by atoms with Crippen molar-refractivity contribution >= 4 is 21.6 Å². The Morgan fingerprint density at radius 2 is 2.10 bits per heavy atom. The van der Waals surface area contributed by atoms with Gasteiger partial charge in [-0.25, -0.2) is 0 Å². The number of alkyl halides is 3. The molecule has 1 heterocycles. The molecule has 0 radical (unpaired) electrons. The molecule has 1 aromatic carbocycles. The minimum atomic E-state index is -4.37. The fourth-order valence-corrected chi connectivity index (χ4v) is 2.16. The van der Waals surface area contributed by atoms with Crippen LogP contribution in [0, 0.1) is 0 Å². The molecule has 1 N–H and O–H groups in total. The van der Waals surface area contributed by atoms with Crippen molar-refractivity contribution in [2.24, 2.45) is 0 Å². The molecule has 0 amide bonds. The van der Waals surface area contributed by atoms with Gasteiger partial charge in [0, 0.05) is 35.6 Å². The largest absolute Gasteiger partial charge is 0.418 e. The van der Waals surface area contributed by atoms with E-state index in [1.54, 1.807) is 16.9 Å². The van der Waals surface area contributed by atoms with Gasteiger partial charge < -0.3 is 5.32 Å². The Bertz CT molecular complexity index is 552. The van der Waals surface area contributed by atoms with Crippen molar-refractivity contribution in [1.82, 2.24) is 9.78 Å². The summed E-state index contributed by atoms with van der Waals surface area (Å²) < 4.78 is 40.8. The molecule has 0 unspecified atom stereocenters. The van der Waals surface area contributed by atoms with Gasteiger partial charge in [-0.2, -0.15) is 18.3 Å². The highest BCUT2D eigenvalue weighted by atomic mass is 79.9. The molecule has 20 heavy (non-hydrogen) atoms. The van der Waals surface area contributed by atoms with Crippen molar-refractivity contribution in [1.29, 1.82) is 0 Å². The second-order valence-electron chi connectivity index (χ2n) is 4.24. The highest BCUT2D eigenvalue weighted by molar-refractivity contribution is 9.10. The van der Waals surface area contributed by atoms with Crippen LogP contribution in [0.4, 0.5) is 18.9 Å². The number of anilines is 1. The molecule has 0 saturated carbocycles. The standard InChI is InChI=1S/C13H13BrF3N3/c14-10-3-4-12(11(9-10)13(15,16)17)18-5-1-7-20-8-2-6-19-20/h2-4,6,8-9,18H,1,5,7H2. The van der Waals surface area contributed by atoms with E-state index < -0.39 is 11.7 Å². The zero-order valence-electron chi connectivity index (χ0n) is 10.5. The number of aromatic nitrogens is 2. The molecule has 0 bridgehead atoms. The Morgan fingerprint density at radius 1 is 1.30 bits per heavy atom. The van der Waals surface area contributed by atoms with Crippen LogP contribution in [0.25, 0.3) is 0 Å². The zero-order chi connectivity index (χ0) is 14.6. The molecule has 0 fully saturated rings. The summed E-state index contributed by atoms with van der Waals surface area (Å²) in [5, 5.41) is 6.86. The number of halogens is 4. The van der Waals surface area contributed by atoms with Crippen molar-refractivity contribution < 1.29 is 13.2 Å². The molecule has 0 aliphatic carbocycles. The third-order valence-electron chi connectivity index (χ3n) is 2.73. The molecule has 7 heteroatoms. The average molecular weight is 348 g/mol. The normalized spacial score (nSPS) is 11.6. The van der Waals surface area contributed by atoms with Crippen molar-refractivity contribution in [2.75, 3.05) is 11.9 Å². The van der Waals surface area contributed by atoms with E-state index in [1.165, 1.54) is 6.07 Å². The van der Waals surface area contributed by atoms with Gasteiger partial charge in [-0.05, 0) is 30.7 Å². The number of aryl methyl sites for hydroxylation is 1. The summed E-state index contributed by atoms with van der Waals surface area (Å²) in [6.07, 6.45) is -0.187. The zero-order valence-corrected chi connectivity index (χ0v) is 12.1. The average Bonchev–Trinajstić information content (AvgIpc) is 2.88. The maximum absolute atomic E-state index is 12.9. The van der Waals surface area contributed by atoms with Crippen LogP contribution in [-0.2, 0) is 12.7 Å². The molecule has 2 aromatic rings. The Kier molecular flexibility index (Phi) is 4.69. The molecule has 0 spiro atoms. The highest BCUT2D eigenvalue weighted by Crippen LogP contribution is 2.36. The van der Waals surface area contributed by atoms with Gasteiger partial charge in [-0.15, -0.1) is 0 Å². The lowest BCUT2D eigenvalue weighted by molar-refractivity contribution is -0.137.